The van der Waals surface area contributed by atoms with Crippen molar-refractivity contribution < 1.29 is 9.39 Å². The lowest BCUT2D eigenvalue weighted by Crippen LogP contribution is -2.54. The Morgan fingerprint density at radius 3 is 2.06 bits per heavy atom. The maximum Gasteiger partial charge on any atom is 0.438 e. The van der Waals surface area contributed by atoms with Crippen LogP contribution in [-0.2, 0) is 0 Å². The molecule has 4 nitrogen and oxygen atoms in total. The number of para-hydroxylation sites is 3. The Balaban J connectivity index is 1.47. The summed E-state index contributed by atoms with van der Waals surface area (Å²) >= 11 is 0. The zero-order valence-electron chi connectivity index (χ0n) is 18.1. The van der Waals surface area contributed by atoms with E-state index in [1.807, 2.05) is 42.6 Å². The molecule has 0 spiro atoms. The zero-order valence-corrected chi connectivity index (χ0v) is 18.1. The van der Waals surface area contributed by atoms with Gasteiger partial charge in [-0.15, -0.1) is 0 Å². The smallest absolute Gasteiger partial charge is 0.438 e. The molecule has 4 aromatic carbocycles. The van der Waals surface area contributed by atoms with Gasteiger partial charge in [-0.05, 0) is 35.9 Å². The van der Waals surface area contributed by atoms with Gasteiger partial charge in [-0.2, -0.15) is 0 Å². The number of rotatable bonds is 1. The molecular weight excluding hydrogens is 419 g/mol. The van der Waals surface area contributed by atoms with Crippen LogP contribution in [0.15, 0.2) is 103 Å². The minimum absolute atomic E-state index is 0.312. The van der Waals surface area contributed by atoms with Gasteiger partial charge in [0, 0.05) is 28.0 Å². The van der Waals surface area contributed by atoms with Gasteiger partial charge in [-0.1, -0.05) is 66.7 Å². The molecule has 0 atom stereocenters. The number of aromatic nitrogens is 2. The van der Waals surface area contributed by atoms with E-state index in [1.54, 1.807) is 0 Å². The third kappa shape index (κ3) is 2.26. The first-order valence-electron chi connectivity index (χ1n) is 11.4. The van der Waals surface area contributed by atoms with Crippen LogP contribution in [0.2, 0.25) is 0 Å². The largest absolute Gasteiger partial charge is 0.551 e. The van der Waals surface area contributed by atoms with Crippen LogP contribution in [0, 0.1) is 0 Å². The molecule has 6 aromatic rings. The SMILES string of the molecule is c1ccc2c(c1)OB1c3c(cccc3-2)Oc2ccnc(-n3c4ccccc4c4ccccc43)c21. The minimum Gasteiger partial charge on any atom is -0.551 e. The van der Waals surface area contributed by atoms with E-state index in [-0.39, 0.29) is 6.92 Å². The van der Waals surface area contributed by atoms with Crippen molar-refractivity contribution in [2.45, 2.75) is 0 Å². The van der Waals surface area contributed by atoms with E-state index in [0.717, 1.165) is 56.2 Å². The highest BCUT2D eigenvalue weighted by Crippen LogP contribution is 2.39. The highest BCUT2D eigenvalue weighted by Gasteiger charge is 2.43. The summed E-state index contributed by atoms with van der Waals surface area (Å²) in [5.74, 6) is 3.33. The van der Waals surface area contributed by atoms with Crippen LogP contribution in [-0.4, -0.2) is 16.5 Å². The van der Waals surface area contributed by atoms with E-state index < -0.39 is 0 Å². The maximum absolute atomic E-state index is 6.70. The standard InChI is InChI=1S/C29H17BN2O2/c1-4-12-22-18(8-1)19-9-2-5-13-23(19)32(22)29-28-26(16-17-31-29)33-25-15-7-11-21-20-10-3-6-14-24(20)34-30(28)27(21)25/h1-17H. The average molecular weight is 436 g/mol. The Morgan fingerprint density at radius 1 is 0.588 bits per heavy atom. The Bertz CT molecular complexity index is 1740. The monoisotopic (exact) mass is 436 g/mol. The summed E-state index contributed by atoms with van der Waals surface area (Å²) < 4.78 is 15.4. The van der Waals surface area contributed by atoms with Gasteiger partial charge in [0.05, 0.1) is 16.5 Å². The summed E-state index contributed by atoms with van der Waals surface area (Å²) in [6.45, 7) is -0.312. The van der Waals surface area contributed by atoms with Crippen LogP contribution < -0.4 is 20.3 Å². The van der Waals surface area contributed by atoms with Crippen LogP contribution in [0.5, 0.6) is 17.2 Å². The predicted molar refractivity (Wildman–Crippen MR) is 136 cm³/mol. The fourth-order valence-electron chi connectivity index (χ4n) is 5.55. The van der Waals surface area contributed by atoms with E-state index in [9.17, 15) is 0 Å². The second kappa shape index (κ2) is 6.52. The predicted octanol–water partition coefficient (Wildman–Crippen LogP) is 5.45. The molecule has 4 heterocycles. The van der Waals surface area contributed by atoms with E-state index in [1.165, 1.54) is 10.8 Å². The van der Waals surface area contributed by atoms with E-state index >= 15 is 0 Å². The molecule has 0 saturated heterocycles. The number of ether oxygens (including phenoxy) is 1. The van der Waals surface area contributed by atoms with Crippen molar-refractivity contribution in [3.63, 3.8) is 0 Å². The summed E-state index contributed by atoms with van der Waals surface area (Å²) in [6.07, 6.45) is 1.82. The van der Waals surface area contributed by atoms with Gasteiger partial charge in [-0.25, -0.2) is 4.98 Å². The Labute approximate surface area is 196 Å². The average Bonchev–Trinajstić information content (AvgIpc) is 3.23. The molecular formula is C29H17BN2O2. The lowest BCUT2D eigenvalue weighted by Gasteiger charge is -2.33. The van der Waals surface area contributed by atoms with Gasteiger partial charge in [0.15, 0.2) is 0 Å². The number of pyridine rings is 1. The molecule has 0 saturated carbocycles. The molecule has 0 aliphatic carbocycles. The normalized spacial score (nSPS) is 13.1. The molecule has 158 valence electrons. The fourth-order valence-corrected chi connectivity index (χ4v) is 5.55. The van der Waals surface area contributed by atoms with Gasteiger partial charge in [-0.3, -0.25) is 4.57 Å². The molecule has 0 unspecified atom stereocenters. The molecule has 0 fully saturated rings. The highest BCUT2D eigenvalue weighted by atomic mass is 16.5. The van der Waals surface area contributed by atoms with Crippen LogP contribution in [0.3, 0.4) is 0 Å². The molecule has 34 heavy (non-hydrogen) atoms. The second-order valence-electron chi connectivity index (χ2n) is 8.73. The number of benzene rings is 4. The fraction of sp³-hybridized carbons (Fsp3) is 0. The molecule has 5 heteroatoms. The summed E-state index contributed by atoms with van der Waals surface area (Å²) in [7, 11) is 0. The van der Waals surface area contributed by atoms with Crippen molar-refractivity contribution in [3.05, 3.63) is 103 Å². The molecule has 2 aliphatic rings. The van der Waals surface area contributed by atoms with Crippen LogP contribution in [0.1, 0.15) is 0 Å². The van der Waals surface area contributed by atoms with Crippen LogP contribution in [0.25, 0.3) is 38.8 Å². The third-order valence-electron chi connectivity index (χ3n) is 6.95. The molecule has 2 aromatic heterocycles. The van der Waals surface area contributed by atoms with Gasteiger partial charge >= 0.3 is 6.92 Å². The van der Waals surface area contributed by atoms with Crippen molar-refractivity contribution in [1.82, 2.24) is 9.55 Å². The lowest BCUT2D eigenvalue weighted by molar-refractivity contribution is 0.478. The second-order valence-corrected chi connectivity index (χ2v) is 8.73. The Kier molecular flexibility index (Phi) is 3.45. The molecule has 0 bridgehead atoms. The molecule has 2 aliphatic heterocycles. The third-order valence-corrected chi connectivity index (χ3v) is 6.95. The first-order valence-corrected chi connectivity index (χ1v) is 11.4. The van der Waals surface area contributed by atoms with Gasteiger partial charge in [0.25, 0.3) is 0 Å². The topological polar surface area (TPSA) is 36.3 Å². The van der Waals surface area contributed by atoms with Gasteiger partial charge < -0.3 is 9.39 Å². The van der Waals surface area contributed by atoms with Crippen LogP contribution in [0.4, 0.5) is 0 Å². The number of fused-ring (bicyclic) bond motifs is 7. The van der Waals surface area contributed by atoms with E-state index in [4.69, 9.17) is 14.4 Å². The van der Waals surface area contributed by atoms with Gasteiger partial charge in [0.2, 0.25) is 0 Å². The Morgan fingerprint density at radius 2 is 1.24 bits per heavy atom. The van der Waals surface area contributed by atoms with Crippen molar-refractivity contribution in [1.29, 1.82) is 0 Å². The Hall–Kier alpha value is -4.51. The van der Waals surface area contributed by atoms with E-state index in [2.05, 4.69) is 65.2 Å². The zero-order chi connectivity index (χ0) is 22.2. The van der Waals surface area contributed by atoms with E-state index in [0.29, 0.717) is 0 Å². The molecule has 0 amide bonds. The lowest BCUT2D eigenvalue weighted by atomic mass is 9.51. The highest BCUT2D eigenvalue weighted by molar-refractivity contribution is 6.84. The van der Waals surface area contributed by atoms with Crippen LogP contribution >= 0.6 is 0 Å². The number of hydrogen-bond acceptors (Lipinski definition) is 3. The van der Waals surface area contributed by atoms with Crippen molar-refractivity contribution in [3.8, 4) is 34.2 Å². The molecule has 8 rings (SSSR count). The summed E-state index contributed by atoms with van der Waals surface area (Å²) in [4.78, 5) is 4.92. The maximum atomic E-state index is 6.70. The molecule has 0 radical (unpaired) electrons. The number of hydrogen-bond donors (Lipinski definition) is 0. The molecule has 0 N–H and O–H groups in total. The first-order chi connectivity index (χ1) is 16.9. The van der Waals surface area contributed by atoms with Crippen molar-refractivity contribution >= 4 is 39.6 Å². The van der Waals surface area contributed by atoms with Crippen molar-refractivity contribution in [2.24, 2.45) is 0 Å². The summed E-state index contributed by atoms with van der Waals surface area (Å²) in [6, 6.07) is 33.3. The first kappa shape index (κ1) is 18.0. The quantitative estimate of drug-likeness (QED) is 0.322. The van der Waals surface area contributed by atoms with Gasteiger partial charge in [0.1, 0.15) is 23.1 Å². The van der Waals surface area contributed by atoms with Crippen molar-refractivity contribution in [2.75, 3.05) is 0 Å². The minimum atomic E-state index is -0.312. The number of nitrogens with zero attached hydrogens (tertiary/aromatic N) is 2. The summed E-state index contributed by atoms with van der Waals surface area (Å²) in [5, 5.41) is 2.40. The summed E-state index contributed by atoms with van der Waals surface area (Å²) in [5.41, 5.74) is 6.46.